The van der Waals surface area contributed by atoms with Crippen molar-refractivity contribution in [1.82, 2.24) is 10.6 Å². The van der Waals surface area contributed by atoms with E-state index in [1.807, 2.05) is 31.2 Å². The Morgan fingerprint density at radius 1 is 1.22 bits per heavy atom. The topological polar surface area (TPSA) is 111 Å². The largest absolute Gasteiger partial charge is 0.388 e. The summed E-state index contributed by atoms with van der Waals surface area (Å²) in [6.07, 6.45) is -1.89. The second-order valence-corrected chi connectivity index (χ2v) is 7.45. The number of nitrogens with one attached hydrogen (secondary N) is 2. The Morgan fingerprint density at radius 2 is 1.93 bits per heavy atom. The van der Waals surface area contributed by atoms with Crippen LogP contribution in [0.15, 0.2) is 24.3 Å². The summed E-state index contributed by atoms with van der Waals surface area (Å²) in [5, 5.41) is 36.1. The Balaban J connectivity index is 1.74. The van der Waals surface area contributed by atoms with Crippen molar-refractivity contribution in [3.8, 4) is 0 Å². The van der Waals surface area contributed by atoms with Crippen LogP contribution in [0, 0.1) is 0 Å². The van der Waals surface area contributed by atoms with E-state index in [-0.39, 0.29) is 12.5 Å². The molecule has 2 aliphatic rings. The molecular weight excluding hydrogens is 348 g/mol. The van der Waals surface area contributed by atoms with Gasteiger partial charge in [0.05, 0.1) is 12.6 Å². The van der Waals surface area contributed by atoms with Gasteiger partial charge in [0.1, 0.15) is 24.4 Å². The third kappa shape index (κ3) is 4.50. The van der Waals surface area contributed by atoms with Gasteiger partial charge in [-0.2, -0.15) is 0 Å². The summed E-state index contributed by atoms with van der Waals surface area (Å²) in [5.41, 5.74) is 1.70. The minimum absolute atomic E-state index is 0.0685. The van der Waals surface area contributed by atoms with Gasteiger partial charge in [-0.05, 0) is 49.9 Å². The van der Waals surface area contributed by atoms with E-state index in [0.29, 0.717) is 17.9 Å². The minimum Gasteiger partial charge on any atom is -0.388 e. The molecule has 0 bridgehead atoms. The molecule has 7 heteroatoms. The van der Waals surface area contributed by atoms with Crippen molar-refractivity contribution in [2.75, 3.05) is 19.7 Å². The number of hydrogen-bond acceptors (Lipinski definition) is 6. The quantitative estimate of drug-likeness (QED) is 0.499. The summed E-state index contributed by atoms with van der Waals surface area (Å²) < 4.78 is 5.53. The lowest BCUT2D eigenvalue weighted by atomic mass is 9.86. The summed E-state index contributed by atoms with van der Waals surface area (Å²) >= 11 is 0. The zero-order valence-corrected chi connectivity index (χ0v) is 15.7. The average Bonchev–Trinajstić information content (AvgIpc) is 2.71. The Morgan fingerprint density at radius 3 is 2.63 bits per heavy atom. The minimum atomic E-state index is -1.28. The third-order valence-electron chi connectivity index (χ3n) is 5.68. The van der Waals surface area contributed by atoms with Gasteiger partial charge in [0.15, 0.2) is 0 Å². The summed E-state index contributed by atoms with van der Waals surface area (Å²) in [7, 11) is 0. The van der Waals surface area contributed by atoms with Crippen LogP contribution in [0.3, 0.4) is 0 Å². The molecule has 0 aliphatic carbocycles. The molecule has 5 N–H and O–H groups in total. The monoisotopic (exact) mass is 378 g/mol. The number of carbonyl (C=O) groups is 1. The summed E-state index contributed by atoms with van der Waals surface area (Å²) in [4.78, 5) is 13.0. The van der Waals surface area contributed by atoms with Crippen LogP contribution in [0.25, 0.3) is 0 Å². The molecular formula is C20H30N2O5. The predicted molar refractivity (Wildman–Crippen MR) is 101 cm³/mol. The molecule has 2 fully saturated rings. The van der Waals surface area contributed by atoms with Crippen molar-refractivity contribution >= 4 is 5.91 Å². The first kappa shape index (κ1) is 20.2. The van der Waals surface area contributed by atoms with Crippen molar-refractivity contribution < 1.29 is 24.9 Å². The van der Waals surface area contributed by atoms with E-state index in [1.165, 1.54) is 0 Å². The molecule has 1 amide bonds. The number of carbonyl (C=O) groups excluding carboxylic acids is 1. The highest BCUT2D eigenvalue weighted by Gasteiger charge is 2.41. The first-order valence-electron chi connectivity index (χ1n) is 9.79. The number of aliphatic hydroxyl groups is 3. The highest BCUT2D eigenvalue weighted by molar-refractivity contribution is 5.96. The molecule has 150 valence electrons. The van der Waals surface area contributed by atoms with Crippen LogP contribution >= 0.6 is 0 Å². The van der Waals surface area contributed by atoms with Gasteiger partial charge in [-0.1, -0.05) is 25.1 Å². The molecule has 5 atom stereocenters. The van der Waals surface area contributed by atoms with Crippen LogP contribution < -0.4 is 10.6 Å². The molecule has 0 saturated carbocycles. The number of rotatable bonds is 5. The van der Waals surface area contributed by atoms with E-state index in [4.69, 9.17) is 4.74 Å². The maximum atomic E-state index is 13.0. The number of benzene rings is 1. The van der Waals surface area contributed by atoms with Crippen molar-refractivity contribution in [2.24, 2.45) is 0 Å². The lowest BCUT2D eigenvalue weighted by molar-refractivity contribution is -0.193. The molecule has 5 unspecified atom stereocenters. The highest BCUT2D eigenvalue weighted by Crippen LogP contribution is 2.28. The van der Waals surface area contributed by atoms with Gasteiger partial charge in [-0.15, -0.1) is 0 Å². The number of amides is 1. The van der Waals surface area contributed by atoms with Gasteiger partial charge in [0, 0.05) is 5.56 Å². The maximum Gasteiger partial charge on any atom is 0.251 e. The van der Waals surface area contributed by atoms with Gasteiger partial charge in [-0.25, -0.2) is 0 Å². The van der Waals surface area contributed by atoms with Crippen LogP contribution in [-0.2, 0) is 4.74 Å². The first-order valence-corrected chi connectivity index (χ1v) is 9.79. The second-order valence-electron chi connectivity index (χ2n) is 7.45. The van der Waals surface area contributed by atoms with Crippen LogP contribution in [-0.4, -0.2) is 71.4 Å². The Bertz CT molecular complexity index is 635. The van der Waals surface area contributed by atoms with E-state index in [2.05, 4.69) is 10.6 Å². The standard InChI is InChI=1S/C20H30N2O5/c1-2-15(19-18(25)17(24)16(23)11-27-19)22-20(26)14-6-4-3-5-13(14)12-7-9-21-10-8-12/h3-6,12,15-19,21,23-25H,2,7-11H2,1H3,(H,22,26). The number of hydrogen-bond donors (Lipinski definition) is 5. The van der Waals surface area contributed by atoms with Crippen molar-refractivity contribution in [1.29, 1.82) is 0 Å². The average molecular weight is 378 g/mol. The molecule has 1 aromatic rings. The predicted octanol–water partition coefficient (Wildman–Crippen LogP) is 0.144. The maximum absolute atomic E-state index is 13.0. The fraction of sp³-hybridized carbons (Fsp3) is 0.650. The molecule has 0 spiro atoms. The Hall–Kier alpha value is -1.51. The fourth-order valence-electron chi connectivity index (χ4n) is 4.04. The van der Waals surface area contributed by atoms with Crippen molar-refractivity contribution in [3.63, 3.8) is 0 Å². The first-order chi connectivity index (χ1) is 13.0. The Labute approximate surface area is 159 Å². The molecule has 1 aromatic carbocycles. The Kier molecular flexibility index (Phi) is 6.83. The lowest BCUT2D eigenvalue weighted by Crippen LogP contribution is -2.60. The van der Waals surface area contributed by atoms with Crippen LogP contribution in [0.1, 0.15) is 48.0 Å². The van der Waals surface area contributed by atoms with Gasteiger partial charge < -0.3 is 30.7 Å². The third-order valence-corrected chi connectivity index (χ3v) is 5.68. The SMILES string of the molecule is CCC(NC(=O)c1ccccc1C1CCNCC1)C1OCC(O)C(O)C1O. The van der Waals surface area contributed by atoms with Crippen molar-refractivity contribution in [2.45, 2.75) is 62.6 Å². The highest BCUT2D eigenvalue weighted by atomic mass is 16.5. The van der Waals surface area contributed by atoms with Crippen LogP contribution in [0.2, 0.25) is 0 Å². The smallest absolute Gasteiger partial charge is 0.251 e. The summed E-state index contributed by atoms with van der Waals surface area (Å²) in [6, 6.07) is 7.19. The normalized spacial score (nSPS) is 30.7. The van der Waals surface area contributed by atoms with E-state index in [1.54, 1.807) is 0 Å². The lowest BCUT2D eigenvalue weighted by Gasteiger charge is -2.39. The molecule has 0 aromatic heterocycles. The summed E-state index contributed by atoms with van der Waals surface area (Å²) in [5.74, 6) is 0.147. The number of ether oxygens (including phenoxy) is 1. The molecule has 2 saturated heterocycles. The molecule has 0 radical (unpaired) electrons. The summed E-state index contributed by atoms with van der Waals surface area (Å²) in [6.45, 7) is 3.71. The van der Waals surface area contributed by atoms with Crippen LogP contribution in [0.4, 0.5) is 0 Å². The van der Waals surface area contributed by atoms with E-state index in [0.717, 1.165) is 31.5 Å². The molecule has 2 heterocycles. The van der Waals surface area contributed by atoms with E-state index >= 15 is 0 Å². The van der Waals surface area contributed by atoms with Crippen LogP contribution in [0.5, 0.6) is 0 Å². The fourth-order valence-corrected chi connectivity index (χ4v) is 4.04. The molecule has 27 heavy (non-hydrogen) atoms. The molecule has 7 nitrogen and oxygen atoms in total. The second kappa shape index (κ2) is 9.12. The number of piperidine rings is 1. The van der Waals surface area contributed by atoms with E-state index < -0.39 is 30.5 Å². The molecule has 3 rings (SSSR count). The zero-order valence-electron chi connectivity index (χ0n) is 15.7. The van der Waals surface area contributed by atoms with Crippen molar-refractivity contribution in [3.05, 3.63) is 35.4 Å². The van der Waals surface area contributed by atoms with Gasteiger partial charge in [-0.3, -0.25) is 4.79 Å². The molecule has 2 aliphatic heterocycles. The zero-order chi connectivity index (χ0) is 19.4. The van der Waals surface area contributed by atoms with Gasteiger partial charge in [0.2, 0.25) is 0 Å². The van der Waals surface area contributed by atoms with E-state index in [9.17, 15) is 20.1 Å². The number of aliphatic hydroxyl groups excluding tert-OH is 3. The van der Waals surface area contributed by atoms with Gasteiger partial charge in [0.25, 0.3) is 5.91 Å². The van der Waals surface area contributed by atoms with Gasteiger partial charge >= 0.3 is 0 Å².